The van der Waals surface area contributed by atoms with Crippen molar-refractivity contribution in [2.24, 2.45) is 0 Å². The molecule has 1 rings (SSSR count). The fourth-order valence-electron chi connectivity index (χ4n) is 1.27. The van der Waals surface area contributed by atoms with Crippen LogP contribution in [0.15, 0.2) is 16.7 Å². The third kappa shape index (κ3) is 3.97. The number of rotatable bonds is 5. The van der Waals surface area contributed by atoms with Gasteiger partial charge in [0.05, 0.1) is 6.54 Å². The molecule has 0 atom stereocenters. The van der Waals surface area contributed by atoms with Crippen LogP contribution in [0.4, 0.5) is 14.6 Å². The van der Waals surface area contributed by atoms with Gasteiger partial charge in [0.15, 0.2) is 0 Å². The molecule has 0 unspecified atom stereocenters. The fraction of sp³-hybridized carbons (Fsp3) is 0.500. The van der Waals surface area contributed by atoms with Crippen molar-refractivity contribution in [3.05, 3.63) is 22.3 Å². The predicted molar refractivity (Wildman–Crippen MR) is 68.7 cm³/mol. The maximum Gasteiger partial charge on any atom is 0.255 e. The van der Waals surface area contributed by atoms with Crippen molar-refractivity contribution in [2.45, 2.75) is 13.3 Å². The van der Waals surface area contributed by atoms with Gasteiger partial charge in [0.25, 0.3) is 6.43 Å². The van der Waals surface area contributed by atoms with Crippen LogP contribution in [-0.2, 0) is 0 Å². The largest absolute Gasteiger partial charge is 0.350 e. The van der Waals surface area contributed by atoms with Gasteiger partial charge in [-0.25, -0.2) is 13.8 Å². The minimum atomic E-state index is -2.36. The van der Waals surface area contributed by atoms with E-state index in [4.69, 9.17) is 0 Å². The minimum Gasteiger partial charge on any atom is -0.350 e. The topological polar surface area (TPSA) is 16.1 Å². The van der Waals surface area contributed by atoms with E-state index < -0.39 is 6.43 Å². The first-order valence-electron chi connectivity index (χ1n) is 4.75. The van der Waals surface area contributed by atoms with Gasteiger partial charge in [-0.2, -0.15) is 0 Å². The van der Waals surface area contributed by atoms with Gasteiger partial charge in [-0.1, -0.05) is 15.9 Å². The Morgan fingerprint density at radius 1 is 1.50 bits per heavy atom. The molecule has 0 amide bonds. The van der Waals surface area contributed by atoms with E-state index in [0.717, 1.165) is 10.0 Å². The monoisotopic (exact) mass is 356 g/mol. The summed E-state index contributed by atoms with van der Waals surface area (Å²) >= 11 is 6.58. The molecule has 0 radical (unpaired) electrons. The Morgan fingerprint density at radius 2 is 2.19 bits per heavy atom. The van der Waals surface area contributed by atoms with Crippen LogP contribution in [0.5, 0.6) is 0 Å². The van der Waals surface area contributed by atoms with Crippen molar-refractivity contribution in [1.29, 1.82) is 0 Å². The summed E-state index contributed by atoms with van der Waals surface area (Å²) in [5.41, 5.74) is 0.985. The van der Waals surface area contributed by atoms with Crippen LogP contribution < -0.4 is 4.90 Å². The van der Waals surface area contributed by atoms with Crippen molar-refractivity contribution in [3.63, 3.8) is 0 Å². The summed E-state index contributed by atoms with van der Waals surface area (Å²) in [5, 5.41) is 0.635. The van der Waals surface area contributed by atoms with Crippen LogP contribution in [0.3, 0.4) is 0 Å². The van der Waals surface area contributed by atoms with Crippen LogP contribution >= 0.6 is 31.9 Å². The lowest BCUT2D eigenvalue weighted by Gasteiger charge is -2.22. The lowest BCUT2D eigenvalue weighted by atomic mass is 10.3. The molecular weight excluding hydrogens is 346 g/mol. The Hall–Kier alpha value is -0.230. The van der Waals surface area contributed by atoms with Gasteiger partial charge >= 0.3 is 0 Å². The van der Waals surface area contributed by atoms with Gasteiger partial charge in [0.2, 0.25) is 0 Å². The highest BCUT2D eigenvalue weighted by Gasteiger charge is 2.13. The highest BCUT2D eigenvalue weighted by atomic mass is 79.9. The highest BCUT2D eigenvalue weighted by molar-refractivity contribution is 9.10. The summed E-state index contributed by atoms with van der Waals surface area (Å²) in [4.78, 5) is 5.70. The number of nitrogens with zero attached hydrogens (tertiary/aromatic N) is 2. The molecule has 0 N–H and O–H groups in total. The number of hydrogen-bond acceptors (Lipinski definition) is 2. The third-order valence-electron chi connectivity index (χ3n) is 2.07. The van der Waals surface area contributed by atoms with Gasteiger partial charge < -0.3 is 4.90 Å². The maximum atomic E-state index is 12.4. The van der Waals surface area contributed by atoms with Crippen LogP contribution in [0.2, 0.25) is 0 Å². The molecule has 0 saturated heterocycles. The number of alkyl halides is 3. The number of anilines is 1. The van der Waals surface area contributed by atoms with Crippen LogP contribution in [0, 0.1) is 6.92 Å². The Kier molecular flexibility index (Phi) is 5.61. The lowest BCUT2D eigenvalue weighted by Crippen LogP contribution is -2.31. The average molecular weight is 358 g/mol. The van der Waals surface area contributed by atoms with Gasteiger partial charge in [0, 0.05) is 22.5 Å². The third-order valence-corrected chi connectivity index (χ3v) is 3.25. The zero-order valence-corrected chi connectivity index (χ0v) is 11.9. The predicted octanol–water partition coefficient (Wildman–Crippen LogP) is 3.62. The second-order valence-electron chi connectivity index (χ2n) is 3.32. The lowest BCUT2D eigenvalue weighted by molar-refractivity contribution is 0.155. The van der Waals surface area contributed by atoms with E-state index in [1.54, 1.807) is 17.2 Å². The van der Waals surface area contributed by atoms with E-state index in [2.05, 4.69) is 36.8 Å². The van der Waals surface area contributed by atoms with E-state index in [1.165, 1.54) is 0 Å². The van der Waals surface area contributed by atoms with Gasteiger partial charge in [0.1, 0.15) is 5.82 Å². The van der Waals surface area contributed by atoms with Crippen LogP contribution in [0.25, 0.3) is 0 Å². The molecular formula is C10H12Br2F2N2. The second-order valence-corrected chi connectivity index (χ2v) is 4.97. The van der Waals surface area contributed by atoms with Crippen molar-refractivity contribution in [1.82, 2.24) is 4.98 Å². The number of aryl methyl sites for hydroxylation is 1. The first kappa shape index (κ1) is 13.8. The zero-order valence-electron chi connectivity index (χ0n) is 8.76. The smallest absolute Gasteiger partial charge is 0.255 e. The molecule has 0 fully saturated rings. The van der Waals surface area contributed by atoms with Crippen LogP contribution in [-0.4, -0.2) is 29.8 Å². The average Bonchev–Trinajstić information content (AvgIpc) is 2.21. The number of aromatic nitrogens is 1. The quantitative estimate of drug-likeness (QED) is 0.748. The molecule has 0 aliphatic rings. The number of hydrogen-bond donors (Lipinski definition) is 0. The van der Waals surface area contributed by atoms with Crippen molar-refractivity contribution in [3.8, 4) is 0 Å². The Bertz CT molecular complexity index is 348. The molecule has 0 bridgehead atoms. The van der Waals surface area contributed by atoms with E-state index in [1.807, 2.05) is 6.92 Å². The summed E-state index contributed by atoms with van der Waals surface area (Å²) in [7, 11) is 0. The van der Waals surface area contributed by atoms with Gasteiger partial charge in [-0.3, -0.25) is 0 Å². The van der Waals surface area contributed by atoms with Crippen molar-refractivity contribution < 1.29 is 8.78 Å². The molecule has 1 aromatic heterocycles. The number of halogens is 4. The van der Waals surface area contributed by atoms with Crippen molar-refractivity contribution in [2.75, 3.05) is 23.3 Å². The summed E-state index contributed by atoms with van der Waals surface area (Å²) < 4.78 is 25.6. The Balaban J connectivity index is 2.87. The minimum absolute atomic E-state index is 0.292. The standard InChI is InChI=1S/C10H12Br2F2N2/c1-7-4-10(15-5-8(7)12)16(3-2-11)6-9(13)14/h4-5,9H,2-3,6H2,1H3. The Morgan fingerprint density at radius 3 is 2.69 bits per heavy atom. The molecule has 0 aromatic carbocycles. The summed E-state index contributed by atoms with van der Waals surface area (Å²) in [5.74, 6) is 0.584. The molecule has 0 spiro atoms. The number of pyridine rings is 1. The SMILES string of the molecule is Cc1cc(N(CCBr)CC(F)F)ncc1Br. The van der Waals surface area contributed by atoms with E-state index in [9.17, 15) is 8.78 Å². The molecule has 0 aliphatic heterocycles. The van der Waals surface area contributed by atoms with Crippen LogP contribution in [0.1, 0.15) is 5.56 Å². The van der Waals surface area contributed by atoms with Gasteiger partial charge in [-0.15, -0.1) is 0 Å². The normalized spacial score (nSPS) is 10.9. The molecule has 1 heterocycles. The molecule has 0 aliphatic carbocycles. The first-order chi connectivity index (χ1) is 7.54. The summed E-state index contributed by atoms with van der Waals surface area (Å²) in [6.45, 7) is 2.13. The molecule has 0 saturated carbocycles. The van der Waals surface area contributed by atoms with E-state index in [0.29, 0.717) is 17.7 Å². The summed E-state index contributed by atoms with van der Waals surface area (Å²) in [6.07, 6.45) is -0.720. The molecule has 16 heavy (non-hydrogen) atoms. The first-order valence-corrected chi connectivity index (χ1v) is 6.67. The van der Waals surface area contributed by atoms with Gasteiger partial charge in [-0.05, 0) is 34.5 Å². The van der Waals surface area contributed by atoms with E-state index in [-0.39, 0.29) is 6.54 Å². The molecule has 6 heteroatoms. The summed E-state index contributed by atoms with van der Waals surface area (Å²) in [6, 6.07) is 1.80. The van der Waals surface area contributed by atoms with Crippen molar-refractivity contribution >= 4 is 37.7 Å². The maximum absolute atomic E-state index is 12.4. The van der Waals surface area contributed by atoms with E-state index >= 15 is 0 Å². The molecule has 90 valence electrons. The fourth-order valence-corrected chi connectivity index (χ4v) is 1.91. The molecule has 2 nitrogen and oxygen atoms in total. The second kappa shape index (κ2) is 6.49. The Labute approximate surface area is 110 Å². The zero-order chi connectivity index (χ0) is 12.1. The highest BCUT2D eigenvalue weighted by Crippen LogP contribution is 2.20. The molecule has 1 aromatic rings.